The zero-order valence-electron chi connectivity index (χ0n) is 7.75. The quantitative estimate of drug-likeness (QED) is 0.831. The summed E-state index contributed by atoms with van der Waals surface area (Å²) >= 11 is 5.41. The lowest BCUT2D eigenvalue weighted by Crippen LogP contribution is -2.09. The van der Waals surface area contributed by atoms with E-state index in [2.05, 4.69) is 4.98 Å². The predicted octanol–water partition coefficient (Wildman–Crippen LogP) is 2.33. The van der Waals surface area contributed by atoms with Crippen molar-refractivity contribution in [2.75, 3.05) is 0 Å². The van der Waals surface area contributed by atoms with Gasteiger partial charge in [-0.25, -0.2) is 13.6 Å². The molecule has 1 aromatic heterocycles. The van der Waals surface area contributed by atoms with Crippen LogP contribution in [0.3, 0.4) is 0 Å². The molecule has 0 atom stereocenters. The van der Waals surface area contributed by atoms with Gasteiger partial charge >= 0.3 is 5.97 Å². The van der Waals surface area contributed by atoms with Gasteiger partial charge in [0.1, 0.15) is 6.07 Å². The first-order chi connectivity index (χ1) is 7.52. The van der Waals surface area contributed by atoms with Crippen molar-refractivity contribution in [2.24, 2.45) is 0 Å². The number of aromatic carboxylic acids is 1. The summed E-state index contributed by atoms with van der Waals surface area (Å²) in [6.45, 7) is 0. The van der Waals surface area contributed by atoms with Gasteiger partial charge in [0, 0.05) is 6.20 Å². The highest BCUT2D eigenvalue weighted by Crippen LogP contribution is 2.28. The fraction of sp³-hybridized carbons (Fsp3) is 0.222. The Bertz CT molecular complexity index is 471. The molecule has 0 amide bonds. The Morgan fingerprint density at radius 3 is 2.69 bits per heavy atom. The van der Waals surface area contributed by atoms with Crippen molar-refractivity contribution in [3.63, 3.8) is 0 Å². The molecule has 84 valence electrons. The second kappa shape index (κ2) is 4.86. The molecule has 0 aliphatic rings. The van der Waals surface area contributed by atoms with Crippen molar-refractivity contribution in [1.82, 2.24) is 4.98 Å². The van der Waals surface area contributed by atoms with Gasteiger partial charge in [-0.1, -0.05) is 0 Å². The second-order valence-electron chi connectivity index (χ2n) is 2.76. The molecular formula is C9H5ClF2N2O2. The third kappa shape index (κ3) is 2.09. The molecule has 4 nitrogen and oxygen atoms in total. The number of nitrogens with zero attached hydrogens (tertiary/aromatic N) is 2. The number of rotatable bonds is 3. The molecule has 1 N–H and O–H groups in total. The molecular weight excluding hydrogens is 242 g/mol. The number of carboxylic acids is 1. The number of carboxylic acid groups (broad SMARTS) is 1. The molecule has 0 radical (unpaired) electrons. The van der Waals surface area contributed by atoms with E-state index in [1.807, 2.05) is 0 Å². The highest BCUT2D eigenvalue weighted by molar-refractivity contribution is 6.17. The van der Waals surface area contributed by atoms with Crippen molar-refractivity contribution >= 4 is 17.6 Å². The number of pyridine rings is 1. The molecule has 0 spiro atoms. The molecule has 0 saturated carbocycles. The number of nitriles is 1. The minimum atomic E-state index is -3.06. The van der Waals surface area contributed by atoms with Crippen molar-refractivity contribution in [2.45, 2.75) is 12.3 Å². The lowest BCUT2D eigenvalue weighted by Gasteiger charge is -2.09. The molecule has 1 rings (SSSR count). The molecule has 1 heterocycles. The van der Waals surface area contributed by atoms with Crippen molar-refractivity contribution in [3.05, 3.63) is 28.6 Å². The van der Waals surface area contributed by atoms with Crippen LogP contribution in [0.1, 0.15) is 33.6 Å². The molecule has 0 bridgehead atoms. The van der Waals surface area contributed by atoms with Gasteiger partial charge in [-0.15, -0.1) is 11.6 Å². The van der Waals surface area contributed by atoms with Gasteiger partial charge < -0.3 is 5.11 Å². The van der Waals surface area contributed by atoms with Crippen LogP contribution in [0.5, 0.6) is 0 Å². The van der Waals surface area contributed by atoms with E-state index in [1.165, 1.54) is 6.07 Å². The van der Waals surface area contributed by atoms with Crippen molar-refractivity contribution in [1.29, 1.82) is 5.26 Å². The Morgan fingerprint density at radius 2 is 2.31 bits per heavy atom. The maximum absolute atomic E-state index is 12.7. The fourth-order valence-electron chi connectivity index (χ4n) is 1.19. The third-order valence-corrected chi connectivity index (χ3v) is 2.14. The monoisotopic (exact) mass is 246 g/mol. The predicted molar refractivity (Wildman–Crippen MR) is 50.4 cm³/mol. The van der Waals surface area contributed by atoms with Crippen LogP contribution in [-0.2, 0) is 5.88 Å². The molecule has 0 aliphatic heterocycles. The SMILES string of the molecule is N#Cc1c(CCl)ncc(C(=O)O)c1C(F)F. The summed E-state index contributed by atoms with van der Waals surface area (Å²) in [4.78, 5) is 14.2. The Labute approximate surface area is 94.1 Å². The van der Waals surface area contributed by atoms with Gasteiger partial charge in [-0.2, -0.15) is 5.26 Å². The van der Waals surface area contributed by atoms with Crippen LogP contribution < -0.4 is 0 Å². The van der Waals surface area contributed by atoms with Gasteiger partial charge in [0.05, 0.1) is 28.3 Å². The van der Waals surface area contributed by atoms with Crippen LogP contribution in [0.25, 0.3) is 0 Å². The number of halogens is 3. The van der Waals surface area contributed by atoms with Crippen molar-refractivity contribution in [3.8, 4) is 6.07 Å². The summed E-state index contributed by atoms with van der Waals surface area (Å²) in [5.74, 6) is -1.79. The smallest absolute Gasteiger partial charge is 0.337 e. The topological polar surface area (TPSA) is 74.0 Å². The van der Waals surface area contributed by atoms with Gasteiger partial charge in [0.2, 0.25) is 0 Å². The molecule has 16 heavy (non-hydrogen) atoms. The standard InChI is InChI=1S/C9H5ClF2N2O2/c10-1-6-4(2-13)7(8(11)12)5(3-14-6)9(15)16/h3,8H,1H2,(H,15,16). The highest BCUT2D eigenvalue weighted by Gasteiger charge is 2.25. The lowest BCUT2D eigenvalue weighted by molar-refractivity contribution is 0.0684. The Balaban J connectivity index is 3.58. The Kier molecular flexibility index (Phi) is 3.74. The van der Waals surface area contributed by atoms with Gasteiger partial charge in [-0.05, 0) is 0 Å². The molecule has 0 aliphatic carbocycles. The van der Waals surface area contributed by atoms with Crippen LogP contribution >= 0.6 is 11.6 Å². The fourth-order valence-corrected chi connectivity index (χ4v) is 1.39. The van der Waals surface area contributed by atoms with Crippen molar-refractivity contribution < 1.29 is 18.7 Å². The molecule has 0 unspecified atom stereocenters. The van der Waals surface area contributed by atoms with Crippen LogP contribution in [0, 0.1) is 11.3 Å². The molecule has 0 fully saturated rings. The normalized spacial score (nSPS) is 10.2. The number of hydrogen-bond acceptors (Lipinski definition) is 3. The van der Waals surface area contributed by atoms with E-state index in [0.29, 0.717) is 0 Å². The van der Waals surface area contributed by atoms with Crippen LogP contribution in [0.2, 0.25) is 0 Å². The van der Waals surface area contributed by atoms with Gasteiger partial charge in [0.15, 0.2) is 0 Å². The maximum atomic E-state index is 12.7. The average molecular weight is 247 g/mol. The Hall–Kier alpha value is -1.74. The number of alkyl halides is 3. The Morgan fingerprint density at radius 1 is 1.69 bits per heavy atom. The number of carbonyl (C=O) groups is 1. The summed E-state index contributed by atoms with van der Waals surface area (Å²) < 4.78 is 25.3. The van der Waals surface area contributed by atoms with Crippen LogP contribution in [0.4, 0.5) is 8.78 Å². The first kappa shape index (κ1) is 12.3. The average Bonchev–Trinajstić information content (AvgIpc) is 2.26. The van der Waals surface area contributed by atoms with E-state index in [0.717, 1.165) is 6.20 Å². The minimum absolute atomic E-state index is 0.0514. The first-order valence-corrected chi connectivity index (χ1v) is 4.55. The largest absolute Gasteiger partial charge is 0.478 e. The molecule has 1 aromatic rings. The first-order valence-electron chi connectivity index (χ1n) is 4.02. The summed E-state index contributed by atoms with van der Waals surface area (Å²) in [6.07, 6.45) is -2.28. The minimum Gasteiger partial charge on any atom is -0.478 e. The van der Waals surface area contributed by atoms with E-state index < -0.39 is 29.1 Å². The molecule has 7 heteroatoms. The summed E-state index contributed by atoms with van der Waals surface area (Å²) in [6, 6.07) is 1.50. The van der Waals surface area contributed by atoms with E-state index in [4.69, 9.17) is 22.0 Å². The number of hydrogen-bond donors (Lipinski definition) is 1. The maximum Gasteiger partial charge on any atom is 0.337 e. The number of aromatic nitrogens is 1. The van der Waals surface area contributed by atoms with Crippen LogP contribution in [-0.4, -0.2) is 16.1 Å². The summed E-state index contributed by atoms with van der Waals surface area (Å²) in [7, 11) is 0. The van der Waals surface area contributed by atoms with E-state index in [1.54, 1.807) is 0 Å². The van der Waals surface area contributed by atoms with Crippen LogP contribution in [0.15, 0.2) is 6.20 Å². The van der Waals surface area contributed by atoms with E-state index in [9.17, 15) is 13.6 Å². The molecule has 0 saturated heterocycles. The van der Waals surface area contributed by atoms with Gasteiger partial charge in [-0.3, -0.25) is 4.98 Å². The molecule has 0 aromatic carbocycles. The van der Waals surface area contributed by atoms with E-state index >= 15 is 0 Å². The summed E-state index contributed by atoms with van der Waals surface area (Å²) in [5.41, 5.74) is -2.03. The van der Waals surface area contributed by atoms with E-state index in [-0.39, 0.29) is 11.6 Å². The van der Waals surface area contributed by atoms with Gasteiger partial charge in [0.25, 0.3) is 6.43 Å². The zero-order chi connectivity index (χ0) is 12.3. The second-order valence-corrected chi connectivity index (χ2v) is 3.03. The summed E-state index contributed by atoms with van der Waals surface area (Å²) in [5, 5.41) is 17.4. The highest BCUT2D eigenvalue weighted by atomic mass is 35.5. The zero-order valence-corrected chi connectivity index (χ0v) is 8.50. The third-order valence-electron chi connectivity index (χ3n) is 1.88. The lowest BCUT2D eigenvalue weighted by atomic mass is 10.0.